The van der Waals surface area contributed by atoms with Crippen LogP contribution in [-0.2, 0) is 4.79 Å². The van der Waals surface area contributed by atoms with Crippen molar-refractivity contribution >= 4 is 45.1 Å². The lowest BCUT2D eigenvalue weighted by molar-refractivity contribution is -0.138. The Labute approximate surface area is 128 Å². The number of benzene rings is 1. The molecule has 0 aliphatic carbocycles. The van der Waals surface area contributed by atoms with Gasteiger partial charge in [0.2, 0.25) is 0 Å². The standard InChI is InChI=1S/C12H9BrCl2N2O2/c1-6(12(18)19)8-2-10(15)11(3-9(8)14)17-5-7(13)4-16-17/h2-6H,1H3,(H,18,19). The summed E-state index contributed by atoms with van der Waals surface area (Å²) in [6, 6.07) is 3.17. The number of aliphatic carboxylic acids is 1. The maximum atomic E-state index is 11.0. The van der Waals surface area contributed by atoms with Crippen LogP contribution in [0.25, 0.3) is 5.69 Å². The Bertz CT molecular complexity index is 643. The fourth-order valence-electron chi connectivity index (χ4n) is 1.62. The second-order valence-electron chi connectivity index (χ2n) is 3.99. The smallest absolute Gasteiger partial charge is 0.310 e. The Balaban J connectivity index is 2.51. The number of carbonyl (C=O) groups is 1. The van der Waals surface area contributed by atoms with Crippen molar-refractivity contribution in [1.29, 1.82) is 0 Å². The van der Waals surface area contributed by atoms with Crippen molar-refractivity contribution in [3.8, 4) is 5.69 Å². The topological polar surface area (TPSA) is 55.1 Å². The summed E-state index contributed by atoms with van der Waals surface area (Å²) in [5.74, 6) is -1.67. The van der Waals surface area contributed by atoms with Gasteiger partial charge >= 0.3 is 5.97 Å². The molecule has 1 aromatic heterocycles. The Kier molecular flexibility index (Phi) is 4.18. The molecule has 19 heavy (non-hydrogen) atoms. The zero-order valence-corrected chi connectivity index (χ0v) is 12.9. The summed E-state index contributed by atoms with van der Waals surface area (Å²) >= 11 is 15.6. The van der Waals surface area contributed by atoms with Crippen molar-refractivity contribution in [1.82, 2.24) is 9.78 Å². The van der Waals surface area contributed by atoms with Crippen LogP contribution in [0.4, 0.5) is 0 Å². The quantitative estimate of drug-likeness (QED) is 0.891. The summed E-state index contributed by atoms with van der Waals surface area (Å²) in [5.41, 5.74) is 1.08. The minimum absolute atomic E-state index is 0.348. The number of carboxylic acids is 1. The maximum absolute atomic E-state index is 11.0. The molecule has 0 spiro atoms. The molecule has 0 aliphatic heterocycles. The highest BCUT2D eigenvalue weighted by molar-refractivity contribution is 9.10. The van der Waals surface area contributed by atoms with E-state index in [1.165, 1.54) is 0 Å². The SMILES string of the molecule is CC(C(=O)O)c1cc(Cl)c(-n2cc(Br)cn2)cc1Cl. The van der Waals surface area contributed by atoms with Gasteiger partial charge < -0.3 is 5.11 Å². The zero-order valence-electron chi connectivity index (χ0n) is 9.77. The Hall–Kier alpha value is -1.04. The molecule has 0 radical (unpaired) electrons. The minimum atomic E-state index is -0.951. The molecule has 4 nitrogen and oxygen atoms in total. The van der Waals surface area contributed by atoms with Gasteiger partial charge in [0.15, 0.2) is 0 Å². The molecule has 0 saturated carbocycles. The fourth-order valence-corrected chi connectivity index (χ4v) is 2.49. The van der Waals surface area contributed by atoms with Crippen LogP contribution in [0.15, 0.2) is 29.0 Å². The van der Waals surface area contributed by atoms with E-state index in [2.05, 4.69) is 21.0 Å². The van der Waals surface area contributed by atoms with Gasteiger partial charge in [-0.25, -0.2) is 4.68 Å². The van der Waals surface area contributed by atoms with E-state index >= 15 is 0 Å². The van der Waals surface area contributed by atoms with Crippen molar-refractivity contribution in [2.24, 2.45) is 0 Å². The molecule has 2 aromatic rings. The van der Waals surface area contributed by atoms with Gasteiger partial charge in [-0.3, -0.25) is 4.79 Å². The normalized spacial score (nSPS) is 12.4. The average Bonchev–Trinajstić information content (AvgIpc) is 2.77. The Morgan fingerprint density at radius 3 is 2.63 bits per heavy atom. The lowest BCUT2D eigenvalue weighted by atomic mass is 10.0. The van der Waals surface area contributed by atoms with E-state index in [4.69, 9.17) is 28.3 Å². The summed E-state index contributed by atoms with van der Waals surface area (Å²) in [7, 11) is 0. The lowest BCUT2D eigenvalue weighted by Gasteiger charge is -2.12. The van der Waals surface area contributed by atoms with Crippen LogP contribution < -0.4 is 0 Å². The highest BCUT2D eigenvalue weighted by Crippen LogP contribution is 2.32. The van der Waals surface area contributed by atoms with Gasteiger partial charge in [0.05, 0.1) is 27.3 Å². The molecule has 1 N–H and O–H groups in total. The molecular formula is C12H9BrCl2N2O2. The number of nitrogens with zero attached hydrogens (tertiary/aromatic N) is 2. The zero-order chi connectivity index (χ0) is 14.2. The molecule has 100 valence electrons. The minimum Gasteiger partial charge on any atom is -0.481 e. The molecular weight excluding hydrogens is 355 g/mol. The summed E-state index contributed by atoms with van der Waals surface area (Å²) in [6.45, 7) is 1.56. The Morgan fingerprint density at radius 2 is 2.11 bits per heavy atom. The monoisotopic (exact) mass is 362 g/mol. The molecule has 2 rings (SSSR count). The molecule has 7 heteroatoms. The second kappa shape index (κ2) is 5.53. The molecule has 1 unspecified atom stereocenters. The van der Waals surface area contributed by atoms with E-state index in [0.29, 0.717) is 21.3 Å². The molecule has 1 heterocycles. The molecule has 1 atom stereocenters. The van der Waals surface area contributed by atoms with Crippen LogP contribution in [0.3, 0.4) is 0 Å². The van der Waals surface area contributed by atoms with Gasteiger partial charge in [0.25, 0.3) is 0 Å². The Morgan fingerprint density at radius 1 is 1.42 bits per heavy atom. The number of halogens is 3. The first kappa shape index (κ1) is 14.4. The van der Waals surface area contributed by atoms with Gasteiger partial charge in [-0.15, -0.1) is 0 Å². The molecule has 0 amide bonds. The second-order valence-corrected chi connectivity index (χ2v) is 5.72. The van der Waals surface area contributed by atoms with E-state index in [9.17, 15) is 4.79 Å². The van der Waals surface area contributed by atoms with Crippen molar-refractivity contribution in [3.05, 3.63) is 44.6 Å². The number of hydrogen-bond acceptors (Lipinski definition) is 2. The number of rotatable bonds is 3. The predicted molar refractivity (Wildman–Crippen MR) is 77.3 cm³/mol. The summed E-state index contributed by atoms with van der Waals surface area (Å²) in [5, 5.41) is 13.9. The van der Waals surface area contributed by atoms with Crippen LogP contribution >= 0.6 is 39.1 Å². The number of hydrogen-bond donors (Lipinski definition) is 1. The number of carboxylic acid groups (broad SMARTS) is 1. The average molecular weight is 364 g/mol. The molecule has 0 aliphatic rings. The molecule has 0 fully saturated rings. The highest BCUT2D eigenvalue weighted by Gasteiger charge is 2.19. The molecule has 1 aromatic carbocycles. The van der Waals surface area contributed by atoms with E-state index in [1.807, 2.05) is 0 Å². The summed E-state index contributed by atoms with van der Waals surface area (Å²) in [4.78, 5) is 11.0. The van der Waals surface area contributed by atoms with Crippen LogP contribution in [0.1, 0.15) is 18.4 Å². The first-order valence-electron chi connectivity index (χ1n) is 5.32. The highest BCUT2D eigenvalue weighted by atomic mass is 79.9. The van der Waals surface area contributed by atoms with Crippen LogP contribution in [-0.4, -0.2) is 20.9 Å². The predicted octanol–water partition coefficient (Wildman–Crippen LogP) is 4.13. The maximum Gasteiger partial charge on any atom is 0.310 e. The third-order valence-electron chi connectivity index (χ3n) is 2.70. The first-order chi connectivity index (χ1) is 8.90. The lowest BCUT2D eigenvalue weighted by Crippen LogP contribution is -2.08. The van der Waals surface area contributed by atoms with Crippen molar-refractivity contribution in [2.45, 2.75) is 12.8 Å². The van der Waals surface area contributed by atoms with Gasteiger partial charge in [-0.2, -0.15) is 5.10 Å². The van der Waals surface area contributed by atoms with E-state index in [-0.39, 0.29) is 0 Å². The molecule has 0 bridgehead atoms. The van der Waals surface area contributed by atoms with Crippen LogP contribution in [0.5, 0.6) is 0 Å². The number of aromatic nitrogens is 2. The van der Waals surface area contributed by atoms with E-state index < -0.39 is 11.9 Å². The molecule has 0 saturated heterocycles. The largest absolute Gasteiger partial charge is 0.481 e. The third-order valence-corrected chi connectivity index (χ3v) is 3.74. The van der Waals surface area contributed by atoms with Gasteiger partial charge in [0.1, 0.15) is 0 Å². The van der Waals surface area contributed by atoms with E-state index in [0.717, 1.165) is 4.47 Å². The van der Waals surface area contributed by atoms with Gasteiger partial charge in [-0.1, -0.05) is 23.2 Å². The fraction of sp³-hybridized carbons (Fsp3) is 0.167. The van der Waals surface area contributed by atoms with Crippen LogP contribution in [0, 0.1) is 0 Å². The van der Waals surface area contributed by atoms with Crippen LogP contribution in [0.2, 0.25) is 10.0 Å². The van der Waals surface area contributed by atoms with Crippen molar-refractivity contribution in [3.63, 3.8) is 0 Å². The summed E-state index contributed by atoms with van der Waals surface area (Å²) < 4.78 is 2.37. The third kappa shape index (κ3) is 2.94. The van der Waals surface area contributed by atoms with E-state index in [1.54, 1.807) is 36.1 Å². The van der Waals surface area contributed by atoms with Crippen molar-refractivity contribution < 1.29 is 9.90 Å². The first-order valence-corrected chi connectivity index (χ1v) is 6.87. The van der Waals surface area contributed by atoms with Gasteiger partial charge in [-0.05, 0) is 40.5 Å². The van der Waals surface area contributed by atoms with Crippen molar-refractivity contribution in [2.75, 3.05) is 0 Å². The summed E-state index contributed by atoms with van der Waals surface area (Å²) in [6.07, 6.45) is 3.36. The van der Waals surface area contributed by atoms with Gasteiger partial charge in [0, 0.05) is 11.2 Å².